The van der Waals surface area contributed by atoms with Gasteiger partial charge in [0.05, 0.1) is 36.5 Å². The quantitative estimate of drug-likeness (QED) is 0.822. The van der Waals surface area contributed by atoms with E-state index in [-0.39, 0.29) is 17.6 Å². The Morgan fingerprint density at radius 2 is 2.35 bits per heavy atom. The fraction of sp³-hybridized carbons (Fsp3) is 0.474. The van der Waals surface area contributed by atoms with Crippen molar-refractivity contribution < 1.29 is 18.7 Å². The molecule has 0 N–H and O–H groups in total. The SMILES string of the molecule is Cc1nc(COC2CCOC3(C2)CN(C(=O)c2cccc(F)c2)C3)cs1. The molecule has 0 radical (unpaired) electrons. The van der Waals surface area contributed by atoms with Crippen LogP contribution in [0.3, 0.4) is 0 Å². The molecule has 2 aliphatic rings. The molecule has 2 fully saturated rings. The molecule has 0 bridgehead atoms. The van der Waals surface area contributed by atoms with E-state index in [0.29, 0.717) is 31.9 Å². The molecule has 7 heteroatoms. The molecule has 1 aromatic heterocycles. The minimum Gasteiger partial charge on any atom is -0.372 e. The van der Waals surface area contributed by atoms with Gasteiger partial charge in [0.2, 0.25) is 0 Å². The van der Waals surface area contributed by atoms with E-state index in [1.807, 2.05) is 12.3 Å². The van der Waals surface area contributed by atoms with Crippen LogP contribution in [0.4, 0.5) is 4.39 Å². The number of thiazole rings is 1. The van der Waals surface area contributed by atoms with Crippen molar-refractivity contribution in [1.82, 2.24) is 9.88 Å². The summed E-state index contributed by atoms with van der Waals surface area (Å²) in [5, 5.41) is 3.06. The maximum Gasteiger partial charge on any atom is 0.254 e. The number of likely N-dealkylation sites (tertiary alicyclic amines) is 1. The second-order valence-electron chi connectivity index (χ2n) is 6.99. The first-order valence-electron chi connectivity index (χ1n) is 8.74. The number of benzene rings is 1. The number of rotatable bonds is 4. The van der Waals surface area contributed by atoms with Crippen LogP contribution in [-0.4, -0.2) is 47.2 Å². The summed E-state index contributed by atoms with van der Waals surface area (Å²) in [4.78, 5) is 18.6. The number of hydrogen-bond donors (Lipinski definition) is 0. The van der Waals surface area contributed by atoms with Gasteiger partial charge < -0.3 is 14.4 Å². The third-order valence-corrected chi connectivity index (χ3v) is 5.72. The van der Waals surface area contributed by atoms with Crippen LogP contribution in [0, 0.1) is 12.7 Å². The van der Waals surface area contributed by atoms with Crippen LogP contribution in [-0.2, 0) is 16.1 Å². The Kier molecular flexibility index (Phi) is 4.77. The van der Waals surface area contributed by atoms with E-state index in [1.54, 1.807) is 28.4 Å². The summed E-state index contributed by atoms with van der Waals surface area (Å²) in [5.74, 6) is -0.551. The maximum absolute atomic E-state index is 13.3. The minimum atomic E-state index is -0.397. The second kappa shape index (κ2) is 7.06. The lowest BCUT2D eigenvalue weighted by atomic mass is 9.84. The summed E-state index contributed by atoms with van der Waals surface area (Å²) < 4.78 is 25.3. The fourth-order valence-electron chi connectivity index (χ4n) is 3.62. The summed E-state index contributed by atoms with van der Waals surface area (Å²) >= 11 is 1.62. The van der Waals surface area contributed by atoms with Crippen LogP contribution in [0.5, 0.6) is 0 Å². The van der Waals surface area contributed by atoms with E-state index >= 15 is 0 Å². The highest BCUT2D eigenvalue weighted by Gasteiger charge is 2.49. The van der Waals surface area contributed by atoms with Gasteiger partial charge in [-0.2, -0.15) is 0 Å². The molecule has 4 rings (SSSR count). The summed E-state index contributed by atoms with van der Waals surface area (Å²) in [6.45, 7) is 4.17. The smallest absolute Gasteiger partial charge is 0.254 e. The van der Waals surface area contributed by atoms with E-state index in [4.69, 9.17) is 9.47 Å². The molecule has 1 unspecified atom stereocenters. The lowest BCUT2D eigenvalue weighted by Crippen LogP contribution is -2.67. The van der Waals surface area contributed by atoms with Gasteiger partial charge in [-0.15, -0.1) is 11.3 Å². The number of halogens is 1. The monoisotopic (exact) mass is 376 g/mol. The van der Waals surface area contributed by atoms with Gasteiger partial charge in [0.25, 0.3) is 5.91 Å². The van der Waals surface area contributed by atoms with E-state index in [9.17, 15) is 9.18 Å². The second-order valence-corrected chi connectivity index (χ2v) is 8.05. The molecule has 138 valence electrons. The van der Waals surface area contributed by atoms with Gasteiger partial charge in [0, 0.05) is 24.0 Å². The molecular formula is C19H21FN2O3S. The van der Waals surface area contributed by atoms with E-state index in [1.165, 1.54) is 12.1 Å². The maximum atomic E-state index is 13.3. The average molecular weight is 376 g/mol. The Morgan fingerprint density at radius 3 is 3.08 bits per heavy atom. The highest BCUT2D eigenvalue weighted by molar-refractivity contribution is 7.09. The molecule has 3 heterocycles. The van der Waals surface area contributed by atoms with Crippen LogP contribution < -0.4 is 0 Å². The number of hydrogen-bond acceptors (Lipinski definition) is 5. The molecule has 26 heavy (non-hydrogen) atoms. The van der Waals surface area contributed by atoms with Gasteiger partial charge in [0.15, 0.2) is 0 Å². The Morgan fingerprint density at radius 1 is 1.50 bits per heavy atom. The number of aryl methyl sites for hydroxylation is 1. The zero-order valence-electron chi connectivity index (χ0n) is 14.6. The molecule has 5 nitrogen and oxygen atoms in total. The van der Waals surface area contributed by atoms with Crippen LogP contribution >= 0.6 is 11.3 Å². The lowest BCUT2D eigenvalue weighted by Gasteiger charge is -2.53. The molecule has 2 aromatic rings. The van der Waals surface area contributed by atoms with Gasteiger partial charge in [-0.05, 0) is 31.5 Å². The van der Waals surface area contributed by atoms with Gasteiger partial charge >= 0.3 is 0 Å². The third kappa shape index (κ3) is 3.65. The summed E-state index contributed by atoms with van der Waals surface area (Å²) in [6.07, 6.45) is 1.73. The predicted molar refractivity (Wildman–Crippen MR) is 95.6 cm³/mol. The normalized spacial score (nSPS) is 21.6. The van der Waals surface area contributed by atoms with E-state index < -0.39 is 5.82 Å². The Hall–Kier alpha value is -1.83. The number of aromatic nitrogens is 1. The number of carbonyl (C=O) groups is 1. The standard InChI is InChI=1S/C19H21FN2O3S/c1-13-21-16(10-26-13)9-24-17-5-6-25-19(8-17)11-22(12-19)18(23)14-3-2-4-15(20)7-14/h2-4,7,10,17H,5-6,8-9,11-12H2,1H3. The van der Waals surface area contributed by atoms with Gasteiger partial charge in [-0.3, -0.25) is 4.79 Å². The number of nitrogens with zero attached hydrogens (tertiary/aromatic N) is 2. The van der Waals surface area contributed by atoms with Crippen LogP contribution in [0.1, 0.15) is 33.9 Å². The molecule has 1 aromatic carbocycles. The average Bonchev–Trinajstić information content (AvgIpc) is 3.03. The molecule has 1 spiro atoms. The molecule has 2 aliphatic heterocycles. The van der Waals surface area contributed by atoms with Crippen molar-refractivity contribution in [2.75, 3.05) is 19.7 Å². The lowest BCUT2D eigenvalue weighted by molar-refractivity contribution is -0.188. The molecule has 0 aliphatic carbocycles. The zero-order chi connectivity index (χ0) is 18.1. The number of amides is 1. The minimum absolute atomic E-state index is 0.108. The third-order valence-electron chi connectivity index (χ3n) is 4.90. The highest BCUT2D eigenvalue weighted by Crippen LogP contribution is 2.36. The van der Waals surface area contributed by atoms with Crippen molar-refractivity contribution >= 4 is 17.2 Å². The first kappa shape index (κ1) is 17.6. The van der Waals surface area contributed by atoms with Gasteiger partial charge in [0.1, 0.15) is 11.4 Å². The Labute approximate surface area is 155 Å². The van der Waals surface area contributed by atoms with Crippen molar-refractivity contribution in [3.8, 4) is 0 Å². The topological polar surface area (TPSA) is 51.7 Å². The van der Waals surface area contributed by atoms with E-state index in [2.05, 4.69) is 4.98 Å². The van der Waals surface area contributed by atoms with Gasteiger partial charge in [-0.1, -0.05) is 6.07 Å². The molecule has 2 saturated heterocycles. The van der Waals surface area contributed by atoms with Crippen molar-refractivity contribution in [3.05, 3.63) is 51.7 Å². The Balaban J connectivity index is 1.32. The molecule has 1 amide bonds. The van der Waals surface area contributed by atoms with Crippen molar-refractivity contribution in [2.45, 2.75) is 38.1 Å². The van der Waals surface area contributed by atoms with Crippen molar-refractivity contribution in [1.29, 1.82) is 0 Å². The highest BCUT2D eigenvalue weighted by atomic mass is 32.1. The van der Waals surface area contributed by atoms with Crippen molar-refractivity contribution in [3.63, 3.8) is 0 Å². The Bertz CT molecular complexity index is 804. The predicted octanol–water partition coefficient (Wildman–Crippen LogP) is 3.18. The summed E-state index contributed by atoms with van der Waals surface area (Å²) in [7, 11) is 0. The molecular weight excluding hydrogens is 355 g/mol. The van der Waals surface area contributed by atoms with Gasteiger partial charge in [-0.25, -0.2) is 9.37 Å². The van der Waals surface area contributed by atoms with Crippen LogP contribution in [0.25, 0.3) is 0 Å². The molecule has 0 saturated carbocycles. The largest absolute Gasteiger partial charge is 0.372 e. The molecule has 1 atom stereocenters. The number of ether oxygens (including phenoxy) is 2. The zero-order valence-corrected chi connectivity index (χ0v) is 15.4. The van der Waals surface area contributed by atoms with E-state index in [0.717, 1.165) is 23.5 Å². The number of carbonyl (C=O) groups excluding carboxylic acids is 1. The van der Waals surface area contributed by atoms with Crippen LogP contribution in [0.2, 0.25) is 0 Å². The first-order chi connectivity index (χ1) is 12.5. The van der Waals surface area contributed by atoms with Crippen molar-refractivity contribution in [2.24, 2.45) is 0 Å². The van der Waals surface area contributed by atoms with Crippen LogP contribution in [0.15, 0.2) is 29.6 Å². The summed E-state index contributed by atoms with van der Waals surface area (Å²) in [6, 6.07) is 5.81. The fourth-order valence-corrected chi connectivity index (χ4v) is 4.22. The first-order valence-corrected chi connectivity index (χ1v) is 9.62. The summed E-state index contributed by atoms with van der Waals surface area (Å²) in [5.41, 5.74) is 1.01.